The van der Waals surface area contributed by atoms with Crippen LogP contribution in [0, 0.1) is 12.8 Å². The number of rotatable bonds is 3. The second-order valence-corrected chi connectivity index (χ2v) is 4.69. The van der Waals surface area contributed by atoms with Crippen molar-refractivity contribution in [2.75, 3.05) is 25.0 Å². The molecular weight excluding hydrogens is 214 g/mol. The molecule has 1 unspecified atom stereocenters. The maximum Gasteiger partial charge on any atom is 0.157 e. The summed E-state index contributed by atoms with van der Waals surface area (Å²) in [5.41, 5.74) is 2.11. The van der Waals surface area contributed by atoms with Crippen molar-refractivity contribution in [1.82, 2.24) is 19.9 Å². The first-order valence-corrected chi connectivity index (χ1v) is 6.08. The predicted molar refractivity (Wildman–Crippen MR) is 67.2 cm³/mol. The summed E-state index contributed by atoms with van der Waals surface area (Å²) in [6.45, 7) is 5.32. The van der Waals surface area contributed by atoms with Crippen LogP contribution in [0.5, 0.6) is 0 Å². The molecule has 2 aromatic rings. The highest BCUT2D eigenvalue weighted by atomic mass is 15.3. The number of fused-ring (bicyclic) bond motifs is 1. The van der Waals surface area contributed by atoms with Gasteiger partial charge in [-0.2, -0.15) is 9.61 Å². The minimum atomic E-state index is 0.717. The van der Waals surface area contributed by atoms with Gasteiger partial charge in [-0.05, 0) is 50.0 Å². The molecule has 17 heavy (non-hydrogen) atoms. The highest BCUT2D eigenvalue weighted by Gasteiger charge is 2.14. The minimum Gasteiger partial charge on any atom is -0.370 e. The van der Waals surface area contributed by atoms with E-state index in [1.165, 1.54) is 12.0 Å². The lowest BCUT2D eigenvalue weighted by Crippen LogP contribution is -2.18. The molecule has 0 spiro atoms. The van der Waals surface area contributed by atoms with Crippen molar-refractivity contribution in [2.24, 2.45) is 5.92 Å². The van der Waals surface area contributed by atoms with Crippen molar-refractivity contribution in [1.29, 1.82) is 0 Å². The Morgan fingerprint density at radius 2 is 2.47 bits per heavy atom. The molecule has 1 saturated heterocycles. The van der Waals surface area contributed by atoms with Crippen molar-refractivity contribution in [2.45, 2.75) is 13.3 Å². The monoisotopic (exact) mass is 231 g/mol. The lowest BCUT2D eigenvalue weighted by molar-refractivity contribution is 0.613. The fourth-order valence-corrected chi connectivity index (χ4v) is 2.32. The Balaban J connectivity index is 1.81. The predicted octanol–water partition coefficient (Wildman–Crippen LogP) is 1.06. The zero-order valence-corrected chi connectivity index (χ0v) is 9.98. The van der Waals surface area contributed by atoms with E-state index in [9.17, 15) is 0 Å². The van der Waals surface area contributed by atoms with Crippen molar-refractivity contribution >= 4 is 11.5 Å². The topological polar surface area (TPSA) is 54.2 Å². The van der Waals surface area contributed by atoms with E-state index < -0.39 is 0 Å². The van der Waals surface area contributed by atoms with Crippen LogP contribution in [0.25, 0.3) is 5.65 Å². The number of aryl methyl sites for hydroxylation is 1. The van der Waals surface area contributed by atoms with E-state index in [2.05, 4.69) is 33.7 Å². The fourth-order valence-electron chi connectivity index (χ4n) is 2.32. The van der Waals surface area contributed by atoms with Crippen LogP contribution >= 0.6 is 0 Å². The van der Waals surface area contributed by atoms with Gasteiger partial charge in [-0.25, -0.2) is 4.98 Å². The molecule has 0 aromatic carbocycles. The van der Waals surface area contributed by atoms with Gasteiger partial charge in [0.1, 0.15) is 12.1 Å². The molecule has 0 amide bonds. The SMILES string of the molecule is Cc1cc(NCC2CCNC2)n2ncnc2c1. The number of hydrogen-bond donors (Lipinski definition) is 2. The number of nitrogens with zero attached hydrogens (tertiary/aromatic N) is 3. The second-order valence-electron chi connectivity index (χ2n) is 4.69. The van der Waals surface area contributed by atoms with E-state index in [-0.39, 0.29) is 0 Å². The molecule has 2 aromatic heterocycles. The summed E-state index contributed by atoms with van der Waals surface area (Å²) in [7, 11) is 0. The molecule has 3 rings (SSSR count). The largest absolute Gasteiger partial charge is 0.370 e. The maximum atomic E-state index is 4.23. The Bertz CT molecular complexity index is 513. The highest BCUT2D eigenvalue weighted by Crippen LogP contribution is 2.15. The molecule has 5 nitrogen and oxygen atoms in total. The fraction of sp³-hybridized carbons (Fsp3) is 0.500. The van der Waals surface area contributed by atoms with Crippen LogP contribution in [0.1, 0.15) is 12.0 Å². The molecule has 3 heterocycles. The molecule has 5 heteroatoms. The molecule has 1 aliphatic heterocycles. The second kappa shape index (κ2) is 4.33. The summed E-state index contributed by atoms with van der Waals surface area (Å²) in [6.07, 6.45) is 2.84. The summed E-state index contributed by atoms with van der Waals surface area (Å²) in [5, 5.41) is 11.1. The zero-order valence-electron chi connectivity index (χ0n) is 9.98. The number of hydrogen-bond acceptors (Lipinski definition) is 4. The summed E-state index contributed by atoms with van der Waals surface area (Å²) in [5.74, 6) is 1.75. The van der Waals surface area contributed by atoms with Gasteiger partial charge in [0.15, 0.2) is 5.65 Å². The van der Waals surface area contributed by atoms with Crippen LogP contribution in [0.4, 0.5) is 5.82 Å². The third kappa shape index (κ3) is 2.10. The Morgan fingerprint density at radius 3 is 3.29 bits per heavy atom. The van der Waals surface area contributed by atoms with Gasteiger partial charge in [0, 0.05) is 6.54 Å². The van der Waals surface area contributed by atoms with Crippen LogP contribution in [0.15, 0.2) is 18.5 Å². The summed E-state index contributed by atoms with van der Waals surface area (Å²) >= 11 is 0. The van der Waals surface area contributed by atoms with E-state index >= 15 is 0 Å². The van der Waals surface area contributed by atoms with Crippen molar-refractivity contribution in [3.63, 3.8) is 0 Å². The Kier molecular flexibility index (Phi) is 2.68. The van der Waals surface area contributed by atoms with Crippen molar-refractivity contribution in [3.05, 3.63) is 24.0 Å². The van der Waals surface area contributed by atoms with Crippen LogP contribution in [-0.2, 0) is 0 Å². The molecule has 0 radical (unpaired) electrons. The molecule has 90 valence electrons. The third-order valence-corrected chi connectivity index (χ3v) is 3.26. The number of aromatic nitrogens is 3. The molecule has 1 aliphatic rings. The van der Waals surface area contributed by atoms with Gasteiger partial charge in [0.25, 0.3) is 0 Å². The van der Waals surface area contributed by atoms with Gasteiger partial charge in [-0.1, -0.05) is 0 Å². The van der Waals surface area contributed by atoms with E-state index in [1.807, 2.05) is 10.6 Å². The highest BCUT2D eigenvalue weighted by molar-refractivity contribution is 5.51. The molecule has 2 N–H and O–H groups in total. The van der Waals surface area contributed by atoms with Crippen LogP contribution in [0.2, 0.25) is 0 Å². The molecule has 0 aliphatic carbocycles. The summed E-state index contributed by atoms with van der Waals surface area (Å²) < 4.78 is 1.86. The lowest BCUT2D eigenvalue weighted by Gasteiger charge is -2.12. The Morgan fingerprint density at radius 1 is 1.53 bits per heavy atom. The average Bonchev–Trinajstić information content (AvgIpc) is 2.95. The smallest absolute Gasteiger partial charge is 0.157 e. The average molecular weight is 231 g/mol. The van der Waals surface area contributed by atoms with Gasteiger partial charge in [-0.3, -0.25) is 0 Å². The molecule has 1 atom stereocenters. The maximum absolute atomic E-state index is 4.23. The normalized spacial score (nSPS) is 19.9. The van der Waals surface area contributed by atoms with Gasteiger partial charge in [0.2, 0.25) is 0 Å². The van der Waals surface area contributed by atoms with Gasteiger partial charge >= 0.3 is 0 Å². The standard InChI is InChI=1S/C12H17N5/c1-9-4-11(14-7-10-2-3-13-6-10)17-12(5-9)15-8-16-17/h4-5,8,10,13-14H,2-3,6-7H2,1H3. The zero-order chi connectivity index (χ0) is 11.7. The first-order valence-electron chi connectivity index (χ1n) is 6.08. The quantitative estimate of drug-likeness (QED) is 0.829. The summed E-state index contributed by atoms with van der Waals surface area (Å²) in [4.78, 5) is 4.22. The number of anilines is 1. The Labute approximate surface area is 100 Å². The van der Waals surface area contributed by atoms with Gasteiger partial charge in [-0.15, -0.1) is 0 Å². The van der Waals surface area contributed by atoms with Crippen molar-refractivity contribution < 1.29 is 0 Å². The van der Waals surface area contributed by atoms with Crippen LogP contribution in [0.3, 0.4) is 0 Å². The first-order chi connectivity index (χ1) is 8.33. The van der Waals surface area contributed by atoms with Gasteiger partial charge < -0.3 is 10.6 Å². The Hall–Kier alpha value is -1.62. The van der Waals surface area contributed by atoms with Gasteiger partial charge in [0.05, 0.1) is 0 Å². The first kappa shape index (κ1) is 10.5. The number of pyridine rings is 1. The van der Waals surface area contributed by atoms with E-state index in [0.29, 0.717) is 5.92 Å². The summed E-state index contributed by atoms with van der Waals surface area (Å²) in [6, 6.07) is 4.15. The molecule has 0 saturated carbocycles. The molecule has 1 fully saturated rings. The third-order valence-electron chi connectivity index (χ3n) is 3.26. The van der Waals surface area contributed by atoms with E-state index in [0.717, 1.165) is 31.1 Å². The van der Waals surface area contributed by atoms with E-state index in [1.54, 1.807) is 6.33 Å². The van der Waals surface area contributed by atoms with Crippen LogP contribution < -0.4 is 10.6 Å². The molecular formula is C12H17N5. The van der Waals surface area contributed by atoms with E-state index in [4.69, 9.17) is 0 Å². The minimum absolute atomic E-state index is 0.717. The van der Waals surface area contributed by atoms with Crippen LogP contribution in [-0.4, -0.2) is 34.2 Å². The number of nitrogens with one attached hydrogen (secondary N) is 2. The van der Waals surface area contributed by atoms with Crippen molar-refractivity contribution in [3.8, 4) is 0 Å². The molecule has 0 bridgehead atoms. The lowest BCUT2D eigenvalue weighted by atomic mass is 10.1.